The highest BCUT2D eigenvalue weighted by molar-refractivity contribution is 7.80. The number of carboxylic acid groups (broad SMARTS) is 1. The van der Waals surface area contributed by atoms with E-state index in [0.717, 1.165) is 0 Å². The van der Waals surface area contributed by atoms with Gasteiger partial charge in [-0.05, 0) is 19.3 Å². The zero-order valence-electron chi connectivity index (χ0n) is 15.7. The van der Waals surface area contributed by atoms with Gasteiger partial charge in [-0.3, -0.25) is 19.2 Å². The number of thiol groups is 1. The van der Waals surface area contributed by atoms with Gasteiger partial charge in [0.25, 0.3) is 0 Å². The zero-order valence-corrected chi connectivity index (χ0v) is 16.6. The molecule has 0 spiro atoms. The van der Waals surface area contributed by atoms with Gasteiger partial charge in [-0.1, -0.05) is 0 Å². The quantitative estimate of drug-likeness (QED) is 0.163. The van der Waals surface area contributed by atoms with E-state index in [-0.39, 0.29) is 18.6 Å². The molecule has 0 aliphatic carbocycles. The molecule has 0 aromatic rings. The van der Waals surface area contributed by atoms with Gasteiger partial charge in [-0.2, -0.15) is 12.6 Å². The third-order valence-corrected chi connectivity index (χ3v) is 4.84. The number of amides is 4. The average Bonchev–Trinajstić information content (AvgIpc) is 3.16. The standard InChI is InChI=1S/C16H27N5O7S/c17-8(3-4-12(18)23)15(26)21-5-1-2-11(21)14(25)20-10(7-29)13(24)19-9(6-22)16(27)28/h8-11,22,29H,1-7,17H2,(H2,18,23)(H,19,24)(H,20,25)(H,27,28). The van der Waals surface area contributed by atoms with Gasteiger partial charge in [0, 0.05) is 18.7 Å². The van der Waals surface area contributed by atoms with Crippen LogP contribution in [0, 0.1) is 0 Å². The molecule has 8 N–H and O–H groups in total. The fourth-order valence-electron chi connectivity index (χ4n) is 2.86. The number of aliphatic carboxylic acids is 1. The highest BCUT2D eigenvalue weighted by Crippen LogP contribution is 2.19. The predicted molar refractivity (Wildman–Crippen MR) is 104 cm³/mol. The van der Waals surface area contributed by atoms with Crippen LogP contribution in [-0.2, 0) is 24.0 Å². The Morgan fingerprint density at radius 1 is 1.17 bits per heavy atom. The number of aliphatic hydroxyl groups excluding tert-OH is 1. The molecule has 1 aliphatic heterocycles. The molecule has 4 amide bonds. The van der Waals surface area contributed by atoms with Gasteiger partial charge < -0.3 is 37.2 Å². The second-order valence-electron chi connectivity index (χ2n) is 6.63. The molecule has 0 radical (unpaired) electrons. The van der Waals surface area contributed by atoms with Gasteiger partial charge in [0.1, 0.15) is 18.1 Å². The summed E-state index contributed by atoms with van der Waals surface area (Å²) >= 11 is 3.99. The molecular formula is C16H27N5O7S. The van der Waals surface area contributed by atoms with Crippen LogP contribution in [0.5, 0.6) is 0 Å². The molecule has 0 aromatic heterocycles. The van der Waals surface area contributed by atoms with Crippen molar-refractivity contribution < 1.29 is 34.2 Å². The molecule has 1 saturated heterocycles. The number of carboxylic acids is 1. The normalized spacial score (nSPS) is 19.1. The molecule has 13 heteroatoms. The van der Waals surface area contributed by atoms with E-state index in [2.05, 4.69) is 23.3 Å². The molecule has 164 valence electrons. The van der Waals surface area contributed by atoms with Crippen LogP contribution in [0.2, 0.25) is 0 Å². The minimum absolute atomic E-state index is 0.0540. The summed E-state index contributed by atoms with van der Waals surface area (Å²) in [4.78, 5) is 60.4. The van der Waals surface area contributed by atoms with Gasteiger partial charge >= 0.3 is 5.97 Å². The van der Waals surface area contributed by atoms with Crippen molar-refractivity contribution in [2.45, 2.75) is 49.9 Å². The Hall–Kier alpha value is -2.38. The second-order valence-corrected chi connectivity index (χ2v) is 6.99. The number of aliphatic hydroxyl groups is 1. The molecule has 0 bridgehead atoms. The van der Waals surface area contributed by atoms with Crippen molar-refractivity contribution >= 4 is 42.2 Å². The smallest absolute Gasteiger partial charge is 0.328 e. The lowest BCUT2D eigenvalue weighted by molar-refractivity contribution is -0.143. The highest BCUT2D eigenvalue weighted by atomic mass is 32.1. The molecule has 12 nitrogen and oxygen atoms in total. The van der Waals surface area contributed by atoms with Crippen LogP contribution in [0.3, 0.4) is 0 Å². The number of primary amides is 1. The minimum Gasteiger partial charge on any atom is -0.480 e. The maximum absolute atomic E-state index is 12.6. The predicted octanol–water partition coefficient (Wildman–Crippen LogP) is -3.45. The van der Waals surface area contributed by atoms with E-state index < -0.39 is 60.4 Å². The van der Waals surface area contributed by atoms with Crippen molar-refractivity contribution in [3.8, 4) is 0 Å². The zero-order chi connectivity index (χ0) is 22.1. The van der Waals surface area contributed by atoms with E-state index in [4.69, 9.17) is 21.7 Å². The summed E-state index contributed by atoms with van der Waals surface area (Å²) in [5, 5.41) is 22.4. The van der Waals surface area contributed by atoms with Gasteiger partial charge in [0.05, 0.1) is 12.6 Å². The summed E-state index contributed by atoms with van der Waals surface area (Å²) in [7, 11) is 0. The van der Waals surface area contributed by atoms with Crippen LogP contribution < -0.4 is 22.1 Å². The van der Waals surface area contributed by atoms with E-state index >= 15 is 0 Å². The Labute approximate surface area is 172 Å². The van der Waals surface area contributed by atoms with Crippen molar-refractivity contribution in [1.29, 1.82) is 0 Å². The Morgan fingerprint density at radius 2 is 1.83 bits per heavy atom. The van der Waals surface area contributed by atoms with Crippen LogP contribution >= 0.6 is 12.6 Å². The fourth-order valence-corrected chi connectivity index (χ4v) is 3.11. The number of hydrogen-bond donors (Lipinski definition) is 7. The maximum Gasteiger partial charge on any atom is 0.328 e. The summed E-state index contributed by atoms with van der Waals surface area (Å²) in [5.41, 5.74) is 10.8. The van der Waals surface area contributed by atoms with E-state index in [1.165, 1.54) is 4.90 Å². The number of rotatable bonds is 11. The number of nitrogens with two attached hydrogens (primary N) is 2. The average molecular weight is 433 g/mol. The van der Waals surface area contributed by atoms with Crippen LogP contribution in [0.25, 0.3) is 0 Å². The summed E-state index contributed by atoms with van der Waals surface area (Å²) in [5.74, 6) is -4.08. The highest BCUT2D eigenvalue weighted by Gasteiger charge is 2.37. The molecule has 1 heterocycles. The number of carbonyl (C=O) groups excluding carboxylic acids is 4. The summed E-state index contributed by atoms with van der Waals surface area (Å²) in [6.45, 7) is -0.521. The maximum atomic E-state index is 12.6. The first-order chi connectivity index (χ1) is 13.6. The van der Waals surface area contributed by atoms with Crippen LogP contribution in [0.4, 0.5) is 0 Å². The largest absolute Gasteiger partial charge is 0.480 e. The monoisotopic (exact) mass is 433 g/mol. The molecule has 1 fully saturated rings. The number of hydrogen-bond acceptors (Lipinski definition) is 8. The second kappa shape index (κ2) is 11.6. The number of likely N-dealkylation sites (tertiary alicyclic amines) is 1. The third kappa shape index (κ3) is 7.18. The van der Waals surface area contributed by atoms with E-state index in [9.17, 15) is 24.0 Å². The van der Waals surface area contributed by atoms with Crippen LogP contribution in [-0.4, -0.2) is 87.8 Å². The molecule has 4 atom stereocenters. The molecule has 1 rings (SSSR count). The van der Waals surface area contributed by atoms with Crippen LogP contribution in [0.15, 0.2) is 0 Å². The van der Waals surface area contributed by atoms with Crippen molar-refractivity contribution in [2.75, 3.05) is 18.9 Å². The van der Waals surface area contributed by atoms with E-state index in [1.807, 2.05) is 0 Å². The topological polar surface area (TPSA) is 205 Å². The fraction of sp³-hybridized carbons (Fsp3) is 0.688. The third-order valence-electron chi connectivity index (χ3n) is 4.47. The Kier molecular flexibility index (Phi) is 9.85. The Morgan fingerprint density at radius 3 is 2.34 bits per heavy atom. The molecule has 0 saturated carbocycles. The Bertz CT molecular complexity index is 647. The first-order valence-corrected chi connectivity index (χ1v) is 9.65. The number of nitrogens with zero attached hydrogens (tertiary/aromatic N) is 1. The lowest BCUT2D eigenvalue weighted by Gasteiger charge is -2.28. The summed E-state index contributed by atoms with van der Waals surface area (Å²) in [6, 6.07) is -4.53. The first kappa shape index (κ1) is 24.7. The van der Waals surface area contributed by atoms with E-state index in [1.54, 1.807) is 0 Å². The molecular weight excluding hydrogens is 406 g/mol. The minimum atomic E-state index is -1.52. The van der Waals surface area contributed by atoms with E-state index in [0.29, 0.717) is 19.4 Å². The van der Waals surface area contributed by atoms with Crippen molar-refractivity contribution in [2.24, 2.45) is 11.5 Å². The summed E-state index contributed by atoms with van der Waals surface area (Å²) < 4.78 is 0. The van der Waals surface area contributed by atoms with Gasteiger partial charge in [0.15, 0.2) is 0 Å². The molecule has 29 heavy (non-hydrogen) atoms. The van der Waals surface area contributed by atoms with Gasteiger partial charge in [0.2, 0.25) is 23.6 Å². The summed E-state index contributed by atoms with van der Waals surface area (Å²) in [6.07, 6.45) is 0.901. The molecule has 1 aliphatic rings. The van der Waals surface area contributed by atoms with Crippen molar-refractivity contribution in [1.82, 2.24) is 15.5 Å². The first-order valence-electron chi connectivity index (χ1n) is 9.02. The number of nitrogens with one attached hydrogen (secondary N) is 2. The van der Waals surface area contributed by atoms with Crippen molar-refractivity contribution in [3.05, 3.63) is 0 Å². The lowest BCUT2D eigenvalue weighted by Crippen LogP contribution is -2.57. The Balaban J connectivity index is 2.74. The molecule has 0 aromatic carbocycles. The lowest BCUT2D eigenvalue weighted by atomic mass is 10.1. The van der Waals surface area contributed by atoms with Gasteiger partial charge in [-0.25, -0.2) is 4.79 Å². The SMILES string of the molecule is NC(=O)CCC(N)C(=O)N1CCCC1C(=O)NC(CS)C(=O)NC(CO)C(=O)O. The molecule has 4 unspecified atom stereocenters. The van der Waals surface area contributed by atoms with Crippen LogP contribution in [0.1, 0.15) is 25.7 Å². The van der Waals surface area contributed by atoms with Gasteiger partial charge in [-0.15, -0.1) is 0 Å². The number of carbonyl (C=O) groups is 5. The van der Waals surface area contributed by atoms with Crippen molar-refractivity contribution in [3.63, 3.8) is 0 Å².